The van der Waals surface area contributed by atoms with E-state index in [4.69, 9.17) is 15.2 Å². The lowest BCUT2D eigenvalue weighted by Gasteiger charge is -2.36. The topological polar surface area (TPSA) is 104 Å². The molecule has 1 heterocycles. The van der Waals surface area contributed by atoms with Gasteiger partial charge >= 0.3 is 12.3 Å². The Bertz CT molecular complexity index is 739. The minimum absolute atomic E-state index is 0.182. The maximum absolute atomic E-state index is 13.3. The van der Waals surface area contributed by atoms with Crippen LogP contribution in [0.25, 0.3) is 0 Å². The van der Waals surface area contributed by atoms with Crippen LogP contribution in [-0.4, -0.2) is 41.0 Å². The third-order valence-corrected chi connectivity index (χ3v) is 4.16. The minimum atomic E-state index is -5.06. The van der Waals surface area contributed by atoms with Crippen LogP contribution >= 0.6 is 15.9 Å². The summed E-state index contributed by atoms with van der Waals surface area (Å²) in [6.07, 6.45) is -5.95. The van der Waals surface area contributed by atoms with Crippen LogP contribution in [0.1, 0.15) is 40.3 Å². The van der Waals surface area contributed by atoms with Crippen molar-refractivity contribution in [3.8, 4) is 0 Å². The summed E-state index contributed by atoms with van der Waals surface area (Å²) in [6.45, 7) is 6.05. The number of aromatic nitrogens is 1. The van der Waals surface area contributed by atoms with E-state index in [0.29, 0.717) is 11.5 Å². The highest BCUT2D eigenvalue weighted by Crippen LogP contribution is 2.35. The van der Waals surface area contributed by atoms with E-state index in [2.05, 4.69) is 26.2 Å². The summed E-state index contributed by atoms with van der Waals surface area (Å²) in [5, 5.41) is 2.47. The zero-order valence-electron chi connectivity index (χ0n) is 16.1. The molecule has 0 aromatic carbocycles. The van der Waals surface area contributed by atoms with Crippen molar-refractivity contribution in [2.24, 2.45) is 5.73 Å². The lowest BCUT2D eigenvalue weighted by molar-refractivity contribution is -0.263. The average molecular weight is 470 g/mol. The van der Waals surface area contributed by atoms with E-state index < -0.39 is 41.5 Å². The van der Waals surface area contributed by atoms with Gasteiger partial charge in [-0.3, -0.25) is 4.79 Å². The lowest BCUT2D eigenvalue weighted by atomic mass is 9.97. The number of amides is 2. The number of halogens is 4. The number of pyridine rings is 1. The summed E-state index contributed by atoms with van der Waals surface area (Å²) in [6, 6.07) is 4.67. The average Bonchev–Trinajstić information content (AvgIpc) is 2.49. The molecule has 3 N–H and O–H groups in total. The molecule has 0 radical (unpaired) electrons. The van der Waals surface area contributed by atoms with E-state index in [0.717, 1.165) is 0 Å². The molecular weight excluding hydrogens is 447 g/mol. The molecule has 0 fully saturated rings. The Hall–Kier alpha value is -1.88. The molecule has 0 saturated carbocycles. The monoisotopic (exact) mass is 469 g/mol. The Morgan fingerprint density at radius 3 is 2.18 bits per heavy atom. The first kappa shape index (κ1) is 24.2. The molecule has 0 aliphatic rings. The van der Waals surface area contributed by atoms with Gasteiger partial charge in [-0.15, -0.1) is 0 Å². The Kier molecular flexibility index (Phi) is 7.11. The van der Waals surface area contributed by atoms with Gasteiger partial charge in [-0.05, 0) is 62.7 Å². The molecule has 28 heavy (non-hydrogen) atoms. The van der Waals surface area contributed by atoms with Crippen molar-refractivity contribution < 1.29 is 32.2 Å². The Morgan fingerprint density at radius 1 is 1.18 bits per heavy atom. The number of ether oxygens (including phenoxy) is 2. The molecule has 1 unspecified atom stereocenters. The molecule has 1 aromatic rings. The van der Waals surface area contributed by atoms with Crippen molar-refractivity contribution in [2.45, 2.75) is 57.5 Å². The van der Waals surface area contributed by atoms with Crippen LogP contribution in [0.15, 0.2) is 22.8 Å². The predicted octanol–water partition coefficient (Wildman–Crippen LogP) is 3.41. The molecule has 1 rings (SSSR count). The minimum Gasteiger partial charge on any atom is -0.444 e. The van der Waals surface area contributed by atoms with Crippen molar-refractivity contribution in [3.05, 3.63) is 28.5 Å². The van der Waals surface area contributed by atoms with E-state index in [1.165, 1.54) is 13.0 Å². The number of rotatable bonds is 6. The quantitative estimate of drug-likeness (QED) is 0.621. The van der Waals surface area contributed by atoms with Crippen molar-refractivity contribution >= 4 is 27.9 Å². The SMILES string of the molecule is CC(C)(C)OC(=O)NC(C)(CO[C@](C)(C(N)=O)C(F)(F)F)c1cccc(Br)n1. The Balaban J connectivity index is 3.25. The maximum atomic E-state index is 13.3. The summed E-state index contributed by atoms with van der Waals surface area (Å²) in [4.78, 5) is 27.8. The number of nitrogens with zero attached hydrogens (tertiary/aromatic N) is 1. The number of nitrogens with two attached hydrogens (primary N) is 1. The third-order valence-electron chi connectivity index (χ3n) is 3.72. The summed E-state index contributed by atoms with van der Waals surface area (Å²) in [5.41, 5.74) is -0.562. The first-order valence-electron chi connectivity index (χ1n) is 8.15. The van der Waals surface area contributed by atoms with Gasteiger partial charge in [-0.25, -0.2) is 9.78 Å². The number of primary amides is 1. The fourth-order valence-corrected chi connectivity index (χ4v) is 2.34. The van der Waals surface area contributed by atoms with E-state index in [1.54, 1.807) is 32.9 Å². The fraction of sp³-hybridized carbons (Fsp3) is 0.588. The number of alkyl carbamates (subject to hydrolysis) is 1. The third kappa shape index (κ3) is 6.06. The zero-order valence-corrected chi connectivity index (χ0v) is 17.7. The highest BCUT2D eigenvalue weighted by molar-refractivity contribution is 9.10. The van der Waals surface area contributed by atoms with Crippen molar-refractivity contribution in [3.63, 3.8) is 0 Å². The second-order valence-corrected chi connectivity index (χ2v) is 8.30. The van der Waals surface area contributed by atoms with Gasteiger partial charge in [0.1, 0.15) is 15.7 Å². The number of carbonyl (C=O) groups excluding carboxylic acids is 2. The molecule has 158 valence electrons. The van der Waals surface area contributed by atoms with Crippen LogP contribution in [0.3, 0.4) is 0 Å². The fourth-order valence-electron chi connectivity index (χ4n) is 2.00. The van der Waals surface area contributed by atoms with Crippen LogP contribution in [0.5, 0.6) is 0 Å². The number of hydrogen-bond acceptors (Lipinski definition) is 5. The number of alkyl halides is 3. The molecule has 7 nitrogen and oxygen atoms in total. The van der Waals surface area contributed by atoms with Gasteiger partial charge < -0.3 is 20.5 Å². The summed E-state index contributed by atoms with van der Waals surface area (Å²) < 4.78 is 50.4. The van der Waals surface area contributed by atoms with E-state index in [-0.39, 0.29) is 5.69 Å². The van der Waals surface area contributed by atoms with Crippen LogP contribution in [-0.2, 0) is 19.8 Å². The lowest BCUT2D eigenvalue weighted by Crippen LogP contribution is -2.58. The van der Waals surface area contributed by atoms with Gasteiger partial charge in [-0.2, -0.15) is 13.2 Å². The van der Waals surface area contributed by atoms with Crippen LogP contribution in [0.2, 0.25) is 0 Å². The number of carbonyl (C=O) groups is 2. The number of nitrogens with one attached hydrogen (secondary N) is 1. The molecule has 0 aliphatic heterocycles. The first-order chi connectivity index (χ1) is 12.5. The molecule has 2 atom stereocenters. The summed E-state index contributed by atoms with van der Waals surface area (Å²) >= 11 is 3.17. The smallest absolute Gasteiger partial charge is 0.426 e. The van der Waals surface area contributed by atoms with Gasteiger partial charge in [0.05, 0.1) is 12.3 Å². The van der Waals surface area contributed by atoms with Gasteiger partial charge in [0.15, 0.2) is 0 Å². The summed E-state index contributed by atoms with van der Waals surface area (Å²) in [7, 11) is 0. The molecular formula is C17H23BrF3N3O4. The molecule has 2 amide bonds. The molecule has 0 spiro atoms. The van der Waals surface area contributed by atoms with Gasteiger partial charge in [0.2, 0.25) is 5.60 Å². The molecule has 0 aliphatic carbocycles. The maximum Gasteiger partial charge on any atom is 0.426 e. The van der Waals surface area contributed by atoms with Gasteiger partial charge in [0, 0.05) is 0 Å². The summed E-state index contributed by atoms with van der Waals surface area (Å²) in [5.74, 6) is -1.71. The van der Waals surface area contributed by atoms with Crippen molar-refractivity contribution in [1.29, 1.82) is 0 Å². The largest absolute Gasteiger partial charge is 0.444 e. The van der Waals surface area contributed by atoms with Gasteiger partial charge in [0.25, 0.3) is 5.91 Å². The normalized spacial score (nSPS) is 16.6. The van der Waals surface area contributed by atoms with Crippen molar-refractivity contribution in [1.82, 2.24) is 10.3 Å². The predicted molar refractivity (Wildman–Crippen MR) is 98.3 cm³/mol. The van der Waals surface area contributed by atoms with Crippen LogP contribution in [0, 0.1) is 0 Å². The highest BCUT2D eigenvalue weighted by Gasteiger charge is 2.58. The van der Waals surface area contributed by atoms with E-state index >= 15 is 0 Å². The second kappa shape index (κ2) is 8.24. The Labute approximate surface area is 169 Å². The molecule has 11 heteroatoms. The number of hydrogen-bond donors (Lipinski definition) is 2. The van der Waals surface area contributed by atoms with E-state index in [9.17, 15) is 22.8 Å². The highest BCUT2D eigenvalue weighted by atomic mass is 79.9. The first-order valence-corrected chi connectivity index (χ1v) is 8.94. The second-order valence-electron chi connectivity index (χ2n) is 7.49. The van der Waals surface area contributed by atoms with Crippen molar-refractivity contribution in [2.75, 3.05) is 6.61 Å². The van der Waals surface area contributed by atoms with E-state index in [1.807, 2.05) is 0 Å². The molecule has 0 saturated heterocycles. The zero-order chi connectivity index (χ0) is 22.0. The van der Waals surface area contributed by atoms with Crippen LogP contribution in [0.4, 0.5) is 18.0 Å². The molecule has 1 aromatic heterocycles. The molecule has 0 bridgehead atoms. The van der Waals surface area contributed by atoms with Gasteiger partial charge in [-0.1, -0.05) is 6.07 Å². The Morgan fingerprint density at radius 2 is 1.75 bits per heavy atom. The van der Waals surface area contributed by atoms with Crippen LogP contribution < -0.4 is 11.1 Å². The standard InChI is InChI=1S/C17H23BrF3N3O4/c1-14(2,3)28-13(26)24-15(4,10-7-6-8-11(18)23-10)9-27-16(5,12(22)25)17(19,20)21/h6-8H,9H2,1-5H3,(H2,22,25)(H,24,26)/t15?,16-/m1/s1.